The molecule has 0 aromatic carbocycles. The number of rotatable bonds is 7. The Kier molecular flexibility index (Phi) is 6.36. The molecule has 0 saturated heterocycles. The van der Waals surface area contributed by atoms with Crippen LogP contribution in [-0.2, 0) is 9.53 Å². The van der Waals surface area contributed by atoms with Crippen LogP contribution in [0.1, 0.15) is 25.7 Å². The molecule has 1 aliphatic rings. The highest BCUT2D eigenvalue weighted by molar-refractivity contribution is 5.76. The first-order valence-corrected chi connectivity index (χ1v) is 5.89. The molecule has 0 heterocycles. The summed E-state index contributed by atoms with van der Waals surface area (Å²) in [5.74, 6) is -0.0782. The molecular weight excluding hydrogens is 232 g/mol. The maximum absolute atomic E-state index is 11.7. The summed E-state index contributed by atoms with van der Waals surface area (Å²) in [7, 11) is 0. The van der Waals surface area contributed by atoms with Crippen molar-refractivity contribution in [1.82, 2.24) is 5.32 Å². The zero-order chi connectivity index (χ0) is 12.7. The fourth-order valence-corrected chi connectivity index (χ4v) is 2.06. The van der Waals surface area contributed by atoms with Crippen molar-refractivity contribution in [2.24, 2.45) is 5.92 Å². The predicted octanol–water partition coefficient (Wildman–Crippen LogP) is 0.935. The smallest absolute Gasteiger partial charge is 0.261 e. The molecule has 1 aliphatic carbocycles. The summed E-state index contributed by atoms with van der Waals surface area (Å²) in [5, 5.41) is 11.9. The van der Waals surface area contributed by atoms with E-state index in [0.29, 0.717) is 0 Å². The normalized spacial score (nSPS) is 24.2. The maximum Gasteiger partial charge on any atom is 0.261 e. The van der Waals surface area contributed by atoms with Gasteiger partial charge in [-0.05, 0) is 12.8 Å². The van der Waals surface area contributed by atoms with Gasteiger partial charge in [-0.2, -0.15) is 0 Å². The van der Waals surface area contributed by atoms with Crippen LogP contribution in [-0.4, -0.2) is 43.3 Å². The molecule has 1 saturated carbocycles. The summed E-state index contributed by atoms with van der Waals surface area (Å²) >= 11 is 0. The second-order valence-electron chi connectivity index (χ2n) is 4.26. The summed E-state index contributed by atoms with van der Waals surface area (Å²) in [5.41, 5.74) is 0. The monoisotopic (exact) mass is 251 g/mol. The van der Waals surface area contributed by atoms with E-state index >= 15 is 0 Å². The number of halogens is 2. The van der Waals surface area contributed by atoms with Crippen LogP contribution in [0, 0.1) is 5.92 Å². The third-order valence-corrected chi connectivity index (χ3v) is 2.96. The molecule has 0 spiro atoms. The third kappa shape index (κ3) is 5.41. The predicted molar refractivity (Wildman–Crippen MR) is 57.8 cm³/mol. The molecule has 1 fully saturated rings. The van der Waals surface area contributed by atoms with Crippen molar-refractivity contribution in [1.29, 1.82) is 0 Å². The van der Waals surface area contributed by atoms with Gasteiger partial charge in [-0.25, -0.2) is 8.78 Å². The number of carbonyl (C=O) groups is 1. The lowest BCUT2D eigenvalue weighted by atomic mass is 10.1. The summed E-state index contributed by atoms with van der Waals surface area (Å²) in [6.45, 7) is -0.546. The van der Waals surface area contributed by atoms with E-state index in [1.165, 1.54) is 0 Å². The summed E-state index contributed by atoms with van der Waals surface area (Å²) < 4.78 is 28.1. The van der Waals surface area contributed by atoms with Gasteiger partial charge in [0, 0.05) is 25.0 Å². The maximum atomic E-state index is 11.7. The molecule has 2 atom stereocenters. The van der Waals surface area contributed by atoms with Crippen molar-refractivity contribution < 1.29 is 23.4 Å². The molecule has 1 amide bonds. The molecule has 4 nitrogen and oxygen atoms in total. The zero-order valence-corrected chi connectivity index (χ0v) is 9.70. The molecule has 6 heteroatoms. The Morgan fingerprint density at radius 1 is 1.47 bits per heavy atom. The van der Waals surface area contributed by atoms with Gasteiger partial charge in [0.15, 0.2) is 0 Å². The molecule has 100 valence electrons. The number of amides is 1. The first kappa shape index (κ1) is 14.3. The lowest BCUT2D eigenvalue weighted by molar-refractivity contribution is -0.123. The van der Waals surface area contributed by atoms with E-state index in [0.717, 1.165) is 19.3 Å². The van der Waals surface area contributed by atoms with E-state index in [-0.39, 0.29) is 37.5 Å². The minimum absolute atomic E-state index is 0.00663. The van der Waals surface area contributed by atoms with Crippen molar-refractivity contribution >= 4 is 5.91 Å². The van der Waals surface area contributed by atoms with Crippen molar-refractivity contribution in [2.45, 2.75) is 38.2 Å². The molecule has 1 rings (SSSR count). The largest absolute Gasteiger partial charge is 0.396 e. The van der Waals surface area contributed by atoms with Gasteiger partial charge < -0.3 is 15.2 Å². The highest BCUT2D eigenvalue weighted by Gasteiger charge is 2.27. The molecular formula is C11H19F2NO3. The van der Waals surface area contributed by atoms with Crippen LogP contribution < -0.4 is 5.32 Å². The number of nitrogens with one attached hydrogen (secondary N) is 1. The van der Waals surface area contributed by atoms with Gasteiger partial charge >= 0.3 is 0 Å². The minimum Gasteiger partial charge on any atom is -0.396 e. The van der Waals surface area contributed by atoms with Crippen molar-refractivity contribution in [2.75, 3.05) is 19.8 Å². The van der Waals surface area contributed by atoms with Crippen LogP contribution >= 0.6 is 0 Å². The molecule has 0 bridgehead atoms. The highest BCUT2D eigenvalue weighted by atomic mass is 19.3. The quantitative estimate of drug-likeness (QED) is 0.662. The van der Waals surface area contributed by atoms with Crippen LogP contribution in [0.4, 0.5) is 8.78 Å². The van der Waals surface area contributed by atoms with Crippen molar-refractivity contribution in [3.8, 4) is 0 Å². The lowest BCUT2D eigenvalue weighted by Gasteiger charge is -2.18. The average molecular weight is 251 g/mol. The summed E-state index contributed by atoms with van der Waals surface area (Å²) in [6, 6.07) is 0.0163. The standard InChI is InChI=1S/C11H19F2NO3/c12-10(13)7-17-5-4-11(16)14-9-3-1-2-8(9)6-15/h8-10,15H,1-7H2,(H,14,16). The SMILES string of the molecule is O=C(CCOCC(F)F)NC1CCCC1CO. The van der Waals surface area contributed by atoms with Gasteiger partial charge in [0.1, 0.15) is 6.61 Å². The highest BCUT2D eigenvalue weighted by Crippen LogP contribution is 2.24. The Balaban J connectivity index is 2.12. The van der Waals surface area contributed by atoms with Gasteiger partial charge in [-0.1, -0.05) is 6.42 Å². The van der Waals surface area contributed by atoms with E-state index in [1.54, 1.807) is 0 Å². The van der Waals surface area contributed by atoms with Gasteiger partial charge in [0.25, 0.3) is 6.43 Å². The number of hydrogen-bond donors (Lipinski definition) is 2. The Morgan fingerprint density at radius 3 is 2.88 bits per heavy atom. The van der Waals surface area contributed by atoms with Crippen LogP contribution in [0.15, 0.2) is 0 Å². The summed E-state index contributed by atoms with van der Waals surface area (Å²) in [6.07, 6.45) is 0.379. The van der Waals surface area contributed by atoms with Crippen LogP contribution in [0.25, 0.3) is 0 Å². The molecule has 2 N–H and O–H groups in total. The summed E-state index contributed by atoms with van der Waals surface area (Å²) in [4.78, 5) is 11.4. The first-order chi connectivity index (χ1) is 8.13. The number of aliphatic hydroxyl groups excluding tert-OH is 1. The Hall–Kier alpha value is -0.750. The van der Waals surface area contributed by atoms with Crippen LogP contribution in [0.5, 0.6) is 0 Å². The van der Waals surface area contributed by atoms with E-state index in [2.05, 4.69) is 10.1 Å². The van der Waals surface area contributed by atoms with E-state index in [1.807, 2.05) is 0 Å². The van der Waals surface area contributed by atoms with E-state index in [9.17, 15) is 13.6 Å². The van der Waals surface area contributed by atoms with Crippen LogP contribution in [0.2, 0.25) is 0 Å². The topological polar surface area (TPSA) is 58.6 Å². The number of ether oxygens (including phenoxy) is 1. The minimum atomic E-state index is -2.49. The fraction of sp³-hybridized carbons (Fsp3) is 0.909. The number of hydrogen-bond acceptors (Lipinski definition) is 3. The molecule has 2 unspecified atom stereocenters. The van der Waals surface area contributed by atoms with Crippen molar-refractivity contribution in [3.63, 3.8) is 0 Å². The Labute approximate surface area is 99.3 Å². The molecule has 0 aromatic rings. The first-order valence-electron chi connectivity index (χ1n) is 5.89. The van der Waals surface area contributed by atoms with Gasteiger partial charge in [-0.15, -0.1) is 0 Å². The lowest BCUT2D eigenvalue weighted by Crippen LogP contribution is -2.38. The van der Waals surface area contributed by atoms with Gasteiger partial charge in [0.2, 0.25) is 5.91 Å². The fourth-order valence-electron chi connectivity index (χ4n) is 2.06. The molecule has 0 aliphatic heterocycles. The molecule has 0 aromatic heterocycles. The molecule has 17 heavy (non-hydrogen) atoms. The van der Waals surface area contributed by atoms with E-state index < -0.39 is 13.0 Å². The molecule has 0 radical (unpaired) electrons. The van der Waals surface area contributed by atoms with Crippen molar-refractivity contribution in [3.05, 3.63) is 0 Å². The zero-order valence-electron chi connectivity index (χ0n) is 9.70. The number of carbonyl (C=O) groups excluding carboxylic acids is 1. The second-order valence-corrected chi connectivity index (χ2v) is 4.26. The van der Waals surface area contributed by atoms with Gasteiger partial charge in [-0.3, -0.25) is 4.79 Å². The number of aliphatic hydroxyl groups is 1. The Bertz CT molecular complexity index is 239. The van der Waals surface area contributed by atoms with Crippen LogP contribution in [0.3, 0.4) is 0 Å². The number of alkyl halides is 2. The Morgan fingerprint density at radius 2 is 2.24 bits per heavy atom. The second kappa shape index (κ2) is 7.55. The van der Waals surface area contributed by atoms with Gasteiger partial charge in [0.05, 0.1) is 6.61 Å². The third-order valence-electron chi connectivity index (χ3n) is 2.96. The average Bonchev–Trinajstić information content (AvgIpc) is 2.71. The van der Waals surface area contributed by atoms with E-state index in [4.69, 9.17) is 5.11 Å².